The lowest BCUT2D eigenvalue weighted by Gasteiger charge is -2.01. The van der Waals surface area contributed by atoms with Crippen LogP contribution in [0.2, 0.25) is 0 Å². The van der Waals surface area contributed by atoms with Crippen LogP contribution in [-0.4, -0.2) is 5.11 Å². The Morgan fingerprint density at radius 2 is 1.87 bits per heavy atom. The van der Waals surface area contributed by atoms with Gasteiger partial charge in [0.15, 0.2) is 0 Å². The SMILES string of the molecule is CCCCCc1ccc(/C=C(\C)O)cc1. The van der Waals surface area contributed by atoms with Gasteiger partial charge in [-0.1, -0.05) is 44.0 Å². The molecule has 0 aliphatic carbocycles. The second-order valence-corrected chi connectivity index (χ2v) is 3.98. The number of aliphatic hydroxyl groups excluding tert-OH is 1. The van der Waals surface area contributed by atoms with Crippen molar-refractivity contribution in [3.63, 3.8) is 0 Å². The molecular weight excluding hydrogens is 184 g/mol. The monoisotopic (exact) mass is 204 g/mol. The standard InChI is InChI=1S/C14H20O/c1-3-4-5-6-13-7-9-14(10-8-13)11-12(2)15/h7-11,15H,3-6H2,1-2H3/b12-11+. The van der Waals surface area contributed by atoms with Crippen LogP contribution in [0.15, 0.2) is 30.0 Å². The first-order valence-corrected chi connectivity index (χ1v) is 5.68. The van der Waals surface area contributed by atoms with Crippen molar-refractivity contribution in [2.75, 3.05) is 0 Å². The summed E-state index contributed by atoms with van der Waals surface area (Å²) in [5.74, 6) is 0.355. The fourth-order valence-corrected chi connectivity index (χ4v) is 1.60. The molecule has 0 aliphatic heterocycles. The minimum atomic E-state index is 0.355. The summed E-state index contributed by atoms with van der Waals surface area (Å²) in [6.07, 6.45) is 6.78. The van der Waals surface area contributed by atoms with Crippen LogP contribution in [0.3, 0.4) is 0 Å². The zero-order chi connectivity index (χ0) is 11.1. The van der Waals surface area contributed by atoms with E-state index in [-0.39, 0.29) is 0 Å². The molecule has 15 heavy (non-hydrogen) atoms. The van der Waals surface area contributed by atoms with Crippen LogP contribution < -0.4 is 0 Å². The minimum absolute atomic E-state index is 0.355. The van der Waals surface area contributed by atoms with Crippen LogP contribution in [0.1, 0.15) is 44.2 Å². The predicted octanol–water partition coefficient (Wildman–Crippen LogP) is 4.34. The number of hydrogen-bond donors (Lipinski definition) is 1. The highest BCUT2D eigenvalue weighted by Crippen LogP contribution is 2.10. The molecule has 1 N–H and O–H groups in total. The summed E-state index contributed by atoms with van der Waals surface area (Å²) in [5.41, 5.74) is 2.45. The van der Waals surface area contributed by atoms with Crippen LogP contribution in [0.4, 0.5) is 0 Å². The van der Waals surface area contributed by atoms with E-state index < -0.39 is 0 Å². The van der Waals surface area contributed by atoms with Gasteiger partial charge in [-0.2, -0.15) is 0 Å². The van der Waals surface area contributed by atoms with Gasteiger partial charge >= 0.3 is 0 Å². The molecule has 0 saturated carbocycles. The maximum Gasteiger partial charge on any atom is 0.0897 e. The highest BCUT2D eigenvalue weighted by Gasteiger charge is 1.93. The number of aryl methyl sites for hydroxylation is 1. The van der Waals surface area contributed by atoms with Crippen LogP contribution in [0, 0.1) is 0 Å². The third-order valence-electron chi connectivity index (χ3n) is 2.42. The van der Waals surface area contributed by atoms with Crippen molar-refractivity contribution >= 4 is 6.08 Å². The second kappa shape index (κ2) is 6.28. The van der Waals surface area contributed by atoms with E-state index >= 15 is 0 Å². The van der Waals surface area contributed by atoms with Crippen molar-refractivity contribution in [3.05, 3.63) is 41.2 Å². The molecule has 1 heteroatoms. The Morgan fingerprint density at radius 1 is 1.20 bits per heavy atom. The van der Waals surface area contributed by atoms with Crippen LogP contribution in [-0.2, 0) is 6.42 Å². The first-order valence-electron chi connectivity index (χ1n) is 5.68. The molecule has 0 saturated heterocycles. The van der Waals surface area contributed by atoms with Crippen molar-refractivity contribution in [2.24, 2.45) is 0 Å². The maximum atomic E-state index is 9.11. The molecule has 1 rings (SSSR count). The summed E-state index contributed by atoms with van der Waals surface area (Å²) in [4.78, 5) is 0. The molecule has 0 bridgehead atoms. The number of unbranched alkanes of at least 4 members (excludes halogenated alkanes) is 2. The molecule has 0 amide bonds. The summed E-state index contributed by atoms with van der Waals surface area (Å²) in [7, 11) is 0. The van der Waals surface area contributed by atoms with Gasteiger partial charge in [-0.3, -0.25) is 0 Å². The smallest absolute Gasteiger partial charge is 0.0897 e. The Labute approximate surface area is 92.5 Å². The number of aliphatic hydroxyl groups is 1. The maximum absolute atomic E-state index is 9.11. The molecule has 0 spiro atoms. The fraction of sp³-hybridized carbons (Fsp3) is 0.429. The van der Waals surface area contributed by atoms with Gasteiger partial charge < -0.3 is 5.11 Å². The summed E-state index contributed by atoms with van der Waals surface area (Å²) in [6.45, 7) is 3.91. The van der Waals surface area contributed by atoms with E-state index in [1.165, 1.54) is 24.8 Å². The molecule has 0 radical (unpaired) electrons. The van der Waals surface area contributed by atoms with Crippen molar-refractivity contribution in [1.29, 1.82) is 0 Å². The van der Waals surface area contributed by atoms with Crippen molar-refractivity contribution < 1.29 is 5.11 Å². The summed E-state index contributed by atoms with van der Waals surface area (Å²) in [6, 6.07) is 8.40. The van der Waals surface area contributed by atoms with Gasteiger partial charge in [0.2, 0.25) is 0 Å². The Bertz CT molecular complexity index is 305. The van der Waals surface area contributed by atoms with Gasteiger partial charge in [-0.05, 0) is 37.0 Å². The second-order valence-electron chi connectivity index (χ2n) is 3.98. The summed E-state index contributed by atoms with van der Waals surface area (Å²) >= 11 is 0. The summed E-state index contributed by atoms with van der Waals surface area (Å²) in [5, 5.41) is 9.11. The van der Waals surface area contributed by atoms with E-state index in [1.807, 2.05) is 0 Å². The fourth-order valence-electron chi connectivity index (χ4n) is 1.60. The van der Waals surface area contributed by atoms with Gasteiger partial charge in [0.25, 0.3) is 0 Å². The molecule has 1 aromatic rings. The van der Waals surface area contributed by atoms with Crippen molar-refractivity contribution in [2.45, 2.75) is 39.5 Å². The van der Waals surface area contributed by atoms with Gasteiger partial charge in [0, 0.05) is 0 Å². The van der Waals surface area contributed by atoms with Crippen molar-refractivity contribution in [1.82, 2.24) is 0 Å². The zero-order valence-electron chi connectivity index (χ0n) is 9.66. The van der Waals surface area contributed by atoms with E-state index in [9.17, 15) is 0 Å². The first-order chi connectivity index (χ1) is 7.22. The highest BCUT2D eigenvalue weighted by molar-refractivity contribution is 5.50. The Balaban J connectivity index is 2.53. The topological polar surface area (TPSA) is 20.2 Å². The predicted molar refractivity (Wildman–Crippen MR) is 66.0 cm³/mol. The quantitative estimate of drug-likeness (QED) is 0.559. The molecule has 0 atom stereocenters. The van der Waals surface area contributed by atoms with Crippen molar-refractivity contribution in [3.8, 4) is 0 Å². The third-order valence-corrected chi connectivity index (χ3v) is 2.42. The van der Waals surface area contributed by atoms with Gasteiger partial charge in [0.05, 0.1) is 5.76 Å². The molecule has 0 aromatic heterocycles. The van der Waals surface area contributed by atoms with E-state index in [0.717, 1.165) is 12.0 Å². The summed E-state index contributed by atoms with van der Waals surface area (Å²) < 4.78 is 0. The lowest BCUT2D eigenvalue weighted by atomic mass is 10.1. The molecule has 0 fully saturated rings. The molecule has 0 unspecified atom stereocenters. The number of allylic oxidation sites excluding steroid dienone is 1. The van der Waals surface area contributed by atoms with E-state index in [1.54, 1.807) is 13.0 Å². The zero-order valence-corrected chi connectivity index (χ0v) is 9.66. The molecule has 0 aliphatic rings. The van der Waals surface area contributed by atoms with E-state index in [0.29, 0.717) is 5.76 Å². The van der Waals surface area contributed by atoms with E-state index in [2.05, 4.69) is 31.2 Å². The van der Waals surface area contributed by atoms with Gasteiger partial charge in [-0.25, -0.2) is 0 Å². The molecule has 1 nitrogen and oxygen atoms in total. The van der Waals surface area contributed by atoms with Crippen LogP contribution in [0.25, 0.3) is 6.08 Å². The Morgan fingerprint density at radius 3 is 2.40 bits per heavy atom. The third kappa shape index (κ3) is 4.68. The number of benzene rings is 1. The average Bonchev–Trinajstić information content (AvgIpc) is 2.20. The van der Waals surface area contributed by atoms with Gasteiger partial charge in [0.1, 0.15) is 0 Å². The molecule has 0 heterocycles. The minimum Gasteiger partial charge on any atom is -0.513 e. The molecule has 1 aromatic carbocycles. The largest absolute Gasteiger partial charge is 0.513 e. The molecule has 82 valence electrons. The number of hydrogen-bond acceptors (Lipinski definition) is 1. The van der Waals surface area contributed by atoms with Gasteiger partial charge in [-0.15, -0.1) is 0 Å². The average molecular weight is 204 g/mol. The molecular formula is C14H20O. The Kier molecular flexibility index (Phi) is 4.96. The lowest BCUT2D eigenvalue weighted by molar-refractivity contribution is 0.420. The Hall–Kier alpha value is -1.24. The van der Waals surface area contributed by atoms with Crippen LogP contribution in [0.5, 0.6) is 0 Å². The first kappa shape index (κ1) is 11.8. The number of rotatable bonds is 5. The van der Waals surface area contributed by atoms with E-state index in [4.69, 9.17) is 5.11 Å². The van der Waals surface area contributed by atoms with Crippen LogP contribution >= 0.6 is 0 Å². The lowest BCUT2D eigenvalue weighted by Crippen LogP contribution is -1.85. The highest BCUT2D eigenvalue weighted by atomic mass is 16.3. The normalized spacial score (nSPS) is 11.7.